The maximum Gasteiger partial charge on any atom is 0.358 e. The Labute approximate surface area is 94.3 Å². The first-order chi connectivity index (χ1) is 7.70. The van der Waals surface area contributed by atoms with Gasteiger partial charge in [0, 0.05) is 26.7 Å². The predicted octanol–water partition coefficient (Wildman–Crippen LogP) is 0.678. The Bertz CT molecular complexity index is 349. The van der Waals surface area contributed by atoms with Gasteiger partial charge >= 0.3 is 5.97 Å². The lowest BCUT2D eigenvalue weighted by molar-refractivity contribution is 0.0456. The van der Waals surface area contributed by atoms with E-state index >= 15 is 0 Å². The minimum atomic E-state index is -0.437. The SMILES string of the molecule is CCn1ncc(N)c1C(=O)OCCCOC. The first-order valence-electron chi connectivity index (χ1n) is 5.18. The second-order valence-corrected chi connectivity index (χ2v) is 3.25. The van der Waals surface area contributed by atoms with Crippen molar-refractivity contribution in [3.8, 4) is 0 Å². The van der Waals surface area contributed by atoms with Gasteiger partial charge in [-0.05, 0) is 6.92 Å². The Kier molecular flexibility index (Phi) is 4.78. The molecule has 1 aromatic heterocycles. The molecule has 0 aliphatic heterocycles. The Morgan fingerprint density at radius 3 is 2.94 bits per heavy atom. The molecule has 0 saturated carbocycles. The zero-order valence-corrected chi connectivity index (χ0v) is 9.60. The zero-order chi connectivity index (χ0) is 12.0. The molecule has 0 amide bonds. The van der Waals surface area contributed by atoms with E-state index < -0.39 is 5.97 Å². The Hall–Kier alpha value is -1.56. The number of hydrogen-bond acceptors (Lipinski definition) is 5. The highest BCUT2D eigenvalue weighted by Crippen LogP contribution is 2.12. The maximum absolute atomic E-state index is 11.7. The van der Waals surface area contributed by atoms with Gasteiger partial charge in [0.1, 0.15) is 0 Å². The number of nitrogens with zero attached hydrogens (tertiary/aromatic N) is 2. The monoisotopic (exact) mass is 227 g/mol. The number of methoxy groups -OCH3 is 1. The Balaban J connectivity index is 2.55. The van der Waals surface area contributed by atoms with Gasteiger partial charge < -0.3 is 15.2 Å². The number of nitrogens with two attached hydrogens (primary N) is 1. The standard InChI is InChI=1S/C10H17N3O3/c1-3-13-9(8(11)7-12-13)10(14)16-6-4-5-15-2/h7H,3-6,11H2,1-2H3. The van der Waals surface area contributed by atoms with Crippen LogP contribution in [0.5, 0.6) is 0 Å². The lowest BCUT2D eigenvalue weighted by Crippen LogP contribution is -2.15. The van der Waals surface area contributed by atoms with Crippen LogP contribution in [0.2, 0.25) is 0 Å². The molecule has 0 aromatic carbocycles. The van der Waals surface area contributed by atoms with Crippen LogP contribution in [0.4, 0.5) is 5.69 Å². The average Bonchev–Trinajstić information content (AvgIpc) is 2.65. The molecule has 0 spiro atoms. The summed E-state index contributed by atoms with van der Waals surface area (Å²) in [4.78, 5) is 11.7. The highest BCUT2D eigenvalue weighted by molar-refractivity contribution is 5.93. The summed E-state index contributed by atoms with van der Waals surface area (Å²) in [7, 11) is 1.60. The topological polar surface area (TPSA) is 79.4 Å². The molecule has 6 heteroatoms. The number of esters is 1. The van der Waals surface area contributed by atoms with Crippen LogP contribution in [0.3, 0.4) is 0 Å². The summed E-state index contributed by atoms with van der Waals surface area (Å²) in [6.45, 7) is 3.35. The molecule has 0 bridgehead atoms. The van der Waals surface area contributed by atoms with Gasteiger partial charge in [0.2, 0.25) is 0 Å². The third kappa shape index (κ3) is 2.96. The number of aryl methyl sites for hydroxylation is 1. The average molecular weight is 227 g/mol. The van der Waals surface area contributed by atoms with Crippen LogP contribution in [0.25, 0.3) is 0 Å². The van der Waals surface area contributed by atoms with Crippen molar-refractivity contribution in [2.75, 3.05) is 26.1 Å². The van der Waals surface area contributed by atoms with E-state index in [1.54, 1.807) is 7.11 Å². The van der Waals surface area contributed by atoms with Gasteiger partial charge in [-0.25, -0.2) is 4.79 Å². The quantitative estimate of drug-likeness (QED) is 0.571. The van der Waals surface area contributed by atoms with E-state index in [1.165, 1.54) is 10.9 Å². The van der Waals surface area contributed by atoms with Crippen LogP contribution >= 0.6 is 0 Å². The van der Waals surface area contributed by atoms with E-state index in [-0.39, 0.29) is 0 Å². The summed E-state index contributed by atoms with van der Waals surface area (Å²) in [5.41, 5.74) is 6.30. The molecule has 1 rings (SSSR count). The molecule has 0 saturated heterocycles. The van der Waals surface area contributed by atoms with Gasteiger partial charge in [0.25, 0.3) is 0 Å². The summed E-state index contributed by atoms with van der Waals surface area (Å²) in [6, 6.07) is 0. The second-order valence-electron chi connectivity index (χ2n) is 3.25. The van der Waals surface area contributed by atoms with E-state index in [0.717, 1.165) is 0 Å². The summed E-state index contributed by atoms with van der Waals surface area (Å²) in [5, 5.41) is 3.97. The lowest BCUT2D eigenvalue weighted by Gasteiger charge is -2.06. The number of ether oxygens (including phenoxy) is 2. The number of nitrogen functional groups attached to an aromatic ring is 1. The molecular formula is C10H17N3O3. The molecule has 1 aromatic rings. The van der Waals surface area contributed by atoms with E-state index in [1.807, 2.05) is 6.92 Å². The van der Waals surface area contributed by atoms with Crippen LogP contribution in [-0.2, 0) is 16.0 Å². The van der Waals surface area contributed by atoms with Gasteiger partial charge in [-0.15, -0.1) is 0 Å². The molecule has 0 aliphatic rings. The van der Waals surface area contributed by atoms with Crippen molar-refractivity contribution in [1.29, 1.82) is 0 Å². The van der Waals surface area contributed by atoms with E-state index in [2.05, 4.69) is 5.10 Å². The fraction of sp³-hybridized carbons (Fsp3) is 0.600. The van der Waals surface area contributed by atoms with Crippen LogP contribution in [0, 0.1) is 0 Å². The minimum Gasteiger partial charge on any atom is -0.461 e. The van der Waals surface area contributed by atoms with Crippen molar-refractivity contribution in [3.05, 3.63) is 11.9 Å². The van der Waals surface area contributed by atoms with Gasteiger partial charge in [-0.2, -0.15) is 5.10 Å². The summed E-state index contributed by atoms with van der Waals surface area (Å²) in [5.74, 6) is -0.437. The zero-order valence-electron chi connectivity index (χ0n) is 9.60. The number of aromatic nitrogens is 2. The molecule has 1 heterocycles. The molecule has 0 radical (unpaired) electrons. The molecule has 16 heavy (non-hydrogen) atoms. The van der Waals surface area contributed by atoms with Crippen molar-refractivity contribution >= 4 is 11.7 Å². The van der Waals surface area contributed by atoms with Crippen molar-refractivity contribution < 1.29 is 14.3 Å². The van der Waals surface area contributed by atoms with E-state index in [4.69, 9.17) is 15.2 Å². The highest BCUT2D eigenvalue weighted by Gasteiger charge is 2.17. The molecule has 90 valence electrons. The summed E-state index contributed by atoms with van der Waals surface area (Å²) >= 11 is 0. The third-order valence-electron chi connectivity index (χ3n) is 2.09. The van der Waals surface area contributed by atoms with Crippen molar-refractivity contribution in [1.82, 2.24) is 9.78 Å². The van der Waals surface area contributed by atoms with Crippen LogP contribution in [0.1, 0.15) is 23.8 Å². The largest absolute Gasteiger partial charge is 0.461 e. The van der Waals surface area contributed by atoms with Gasteiger partial charge in [0.05, 0.1) is 18.5 Å². The first-order valence-corrected chi connectivity index (χ1v) is 5.18. The normalized spacial score (nSPS) is 10.4. The molecule has 2 N–H and O–H groups in total. The highest BCUT2D eigenvalue weighted by atomic mass is 16.5. The molecular weight excluding hydrogens is 210 g/mol. The summed E-state index contributed by atoms with van der Waals surface area (Å²) in [6.07, 6.45) is 2.12. The van der Waals surface area contributed by atoms with Crippen LogP contribution in [0.15, 0.2) is 6.20 Å². The second kappa shape index (κ2) is 6.12. The molecule has 0 fully saturated rings. The summed E-state index contributed by atoms with van der Waals surface area (Å²) < 4.78 is 11.4. The van der Waals surface area contributed by atoms with Crippen molar-refractivity contribution in [2.45, 2.75) is 19.9 Å². The van der Waals surface area contributed by atoms with Crippen molar-refractivity contribution in [2.24, 2.45) is 0 Å². The van der Waals surface area contributed by atoms with Gasteiger partial charge in [0.15, 0.2) is 5.69 Å². The number of rotatable bonds is 6. The Morgan fingerprint density at radius 1 is 1.56 bits per heavy atom. The van der Waals surface area contributed by atoms with E-state index in [0.29, 0.717) is 37.6 Å². The van der Waals surface area contributed by atoms with Crippen LogP contribution < -0.4 is 5.73 Å². The predicted molar refractivity (Wildman–Crippen MR) is 59.1 cm³/mol. The third-order valence-corrected chi connectivity index (χ3v) is 2.09. The molecule has 0 aliphatic carbocycles. The van der Waals surface area contributed by atoms with Crippen LogP contribution in [-0.4, -0.2) is 36.1 Å². The fourth-order valence-corrected chi connectivity index (χ4v) is 1.30. The minimum absolute atomic E-state index is 0.319. The lowest BCUT2D eigenvalue weighted by atomic mass is 10.3. The Morgan fingerprint density at radius 2 is 2.31 bits per heavy atom. The van der Waals surface area contributed by atoms with E-state index in [9.17, 15) is 4.79 Å². The fourth-order valence-electron chi connectivity index (χ4n) is 1.30. The number of anilines is 1. The molecule has 0 atom stereocenters. The smallest absolute Gasteiger partial charge is 0.358 e. The molecule has 6 nitrogen and oxygen atoms in total. The van der Waals surface area contributed by atoms with Crippen molar-refractivity contribution in [3.63, 3.8) is 0 Å². The van der Waals surface area contributed by atoms with Gasteiger partial charge in [-0.3, -0.25) is 4.68 Å². The number of carbonyl (C=O) groups is 1. The number of hydrogen-bond donors (Lipinski definition) is 1. The maximum atomic E-state index is 11.7. The number of carbonyl (C=O) groups excluding carboxylic acids is 1. The first kappa shape index (κ1) is 12.5. The molecule has 0 unspecified atom stereocenters. The van der Waals surface area contributed by atoms with Gasteiger partial charge in [-0.1, -0.05) is 0 Å².